The molecule has 19 heavy (non-hydrogen) atoms. The molecule has 0 spiro atoms. The monoisotopic (exact) mass is 282 g/mol. The predicted molar refractivity (Wildman–Crippen MR) is 69.7 cm³/mol. The number of nitrogens with one attached hydrogen (secondary N) is 2. The highest BCUT2D eigenvalue weighted by atomic mass is 35.5. The second kappa shape index (κ2) is 5.19. The maximum Gasteiger partial charge on any atom is 0.333 e. The first-order chi connectivity index (χ1) is 9.01. The highest BCUT2D eigenvalue weighted by Crippen LogP contribution is 2.29. The van der Waals surface area contributed by atoms with Crippen molar-refractivity contribution in [2.24, 2.45) is 0 Å². The van der Waals surface area contributed by atoms with E-state index in [1.165, 1.54) is 0 Å². The zero-order chi connectivity index (χ0) is 14.0. The fourth-order valence-electron chi connectivity index (χ4n) is 1.60. The molecule has 0 saturated heterocycles. The molecule has 2 aromatic rings. The van der Waals surface area contributed by atoms with E-state index in [-0.39, 0.29) is 22.5 Å². The van der Waals surface area contributed by atoms with Gasteiger partial charge in [0.05, 0.1) is 4.92 Å². The molecule has 0 aliphatic heterocycles. The maximum absolute atomic E-state index is 11.1. The van der Waals surface area contributed by atoms with Crippen LogP contribution < -0.4 is 5.32 Å². The number of hydrogen-bond donors (Lipinski definition) is 2. The average molecular weight is 283 g/mol. The second-order valence-corrected chi connectivity index (χ2v) is 4.15. The Morgan fingerprint density at radius 1 is 1.53 bits per heavy atom. The van der Waals surface area contributed by atoms with Crippen LogP contribution in [0, 0.1) is 17.0 Å². The zero-order valence-electron chi connectivity index (χ0n) is 10.3. The first-order valence-corrected chi connectivity index (χ1v) is 5.89. The van der Waals surface area contributed by atoms with Gasteiger partial charge in [0.1, 0.15) is 5.69 Å². The Kier molecular flexibility index (Phi) is 3.61. The molecule has 0 fully saturated rings. The first-order valence-electron chi connectivity index (χ1n) is 5.51. The smallest absolute Gasteiger partial charge is 0.318 e. The minimum atomic E-state index is -0.531. The molecule has 0 aromatic carbocycles. The summed E-state index contributed by atoms with van der Waals surface area (Å²) in [5.74, 6) is 0.464. The normalized spacial score (nSPS) is 10.5. The highest BCUT2D eigenvalue weighted by Gasteiger charge is 2.23. The van der Waals surface area contributed by atoms with E-state index in [2.05, 4.69) is 25.5 Å². The van der Waals surface area contributed by atoms with Gasteiger partial charge in [-0.15, -0.1) is 0 Å². The molecule has 0 aliphatic carbocycles. The minimum Gasteiger partial charge on any atom is -0.318 e. The van der Waals surface area contributed by atoms with Gasteiger partial charge < -0.3 is 5.32 Å². The summed E-state index contributed by atoms with van der Waals surface area (Å²) in [6.45, 7) is 3.57. The molecule has 2 heterocycles. The van der Waals surface area contributed by atoms with Crippen molar-refractivity contribution in [2.45, 2.75) is 20.3 Å². The lowest BCUT2D eigenvalue weighted by Crippen LogP contribution is -2.06. The van der Waals surface area contributed by atoms with E-state index in [1.54, 1.807) is 13.0 Å². The van der Waals surface area contributed by atoms with Crippen molar-refractivity contribution >= 4 is 28.9 Å². The van der Waals surface area contributed by atoms with E-state index in [4.69, 9.17) is 11.6 Å². The fraction of sp³-hybridized carbons (Fsp3) is 0.300. The van der Waals surface area contributed by atoms with Crippen LogP contribution in [0.3, 0.4) is 0 Å². The number of anilines is 2. The van der Waals surface area contributed by atoms with Crippen LogP contribution in [0.15, 0.2) is 6.07 Å². The lowest BCUT2D eigenvalue weighted by molar-refractivity contribution is -0.385. The molecular weight excluding hydrogens is 272 g/mol. The number of nitrogens with zero attached hydrogens (tertiary/aromatic N) is 4. The lowest BCUT2D eigenvalue weighted by Gasteiger charge is -2.06. The first kappa shape index (κ1) is 13.2. The Hall–Kier alpha value is -2.22. The van der Waals surface area contributed by atoms with Crippen molar-refractivity contribution in [3.05, 3.63) is 32.9 Å². The van der Waals surface area contributed by atoms with E-state index in [9.17, 15) is 10.1 Å². The minimum absolute atomic E-state index is 0.0355. The van der Waals surface area contributed by atoms with Crippen molar-refractivity contribution in [1.82, 2.24) is 20.2 Å². The number of aromatic nitrogens is 4. The Labute approximate surface area is 113 Å². The third kappa shape index (κ3) is 2.79. The van der Waals surface area contributed by atoms with Crippen LogP contribution in [0.1, 0.15) is 18.3 Å². The van der Waals surface area contributed by atoms with E-state index in [1.807, 2.05) is 6.92 Å². The third-order valence-electron chi connectivity index (χ3n) is 2.40. The van der Waals surface area contributed by atoms with Crippen LogP contribution >= 0.6 is 11.6 Å². The topological polar surface area (TPSA) is 110 Å². The summed E-state index contributed by atoms with van der Waals surface area (Å²) >= 11 is 5.76. The van der Waals surface area contributed by atoms with Crippen molar-refractivity contribution in [2.75, 3.05) is 5.32 Å². The maximum atomic E-state index is 11.1. The van der Waals surface area contributed by atoms with Gasteiger partial charge in [-0.2, -0.15) is 10.1 Å². The molecule has 0 atom stereocenters. The quantitative estimate of drug-likeness (QED) is 0.506. The van der Waals surface area contributed by atoms with Gasteiger partial charge in [-0.05, 0) is 24.9 Å². The van der Waals surface area contributed by atoms with Crippen molar-refractivity contribution < 1.29 is 4.92 Å². The highest BCUT2D eigenvalue weighted by molar-refractivity contribution is 6.28. The standard InChI is InChI=1S/C10H11ClN6O2/c1-3-6-8(17(18)19)9(14-10(11)12-6)13-7-4-5(2)15-16-7/h4H,3H2,1-2H3,(H2,12,13,14,15,16). The molecule has 2 aromatic heterocycles. The predicted octanol–water partition coefficient (Wildman–Crippen LogP) is 2.38. The number of aryl methyl sites for hydroxylation is 2. The molecule has 9 heteroatoms. The number of aromatic amines is 1. The molecule has 2 rings (SSSR count). The number of H-pyrrole nitrogens is 1. The van der Waals surface area contributed by atoms with Crippen molar-refractivity contribution in [1.29, 1.82) is 0 Å². The van der Waals surface area contributed by atoms with Gasteiger partial charge in [0, 0.05) is 11.8 Å². The van der Waals surface area contributed by atoms with Crippen molar-refractivity contribution in [3.63, 3.8) is 0 Å². The molecule has 0 saturated carbocycles. The molecule has 0 amide bonds. The van der Waals surface area contributed by atoms with E-state index in [0.717, 1.165) is 5.69 Å². The molecule has 0 unspecified atom stereocenters. The van der Waals surface area contributed by atoms with Gasteiger partial charge in [-0.1, -0.05) is 6.92 Å². The largest absolute Gasteiger partial charge is 0.333 e. The Bertz CT molecular complexity index is 626. The summed E-state index contributed by atoms with van der Waals surface area (Å²) in [4.78, 5) is 18.3. The van der Waals surface area contributed by atoms with Crippen LogP contribution in [0.2, 0.25) is 5.28 Å². The van der Waals surface area contributed by atoms with Gasteiger partial charge in [0.25, 0.3) is 0 Å². The molecule has 0 aliphatic rings. The van der Waals surface area contributed by atoms with Crippen molar-refractivity contribution in [3.8, 4) is 0 Å². The Morgan fingerprint density at radius 3 is 2.79 bits per heavy atom. The summed E-state index contributed by atoms with van der Waals surface area (Å²) in [5, 5.41) is 20.5. The van der Waals surface area contributed by atoms with Crippen LogP contribution in [0.4, 0.5) is 17.3 Å². The van der Waals surface area contributed by atoms with Gasteiger partial charge >= 0.3 is 5.69 Å². The van der Waals surface area contributed by atoms with Gasteiger partial charge in [0.15, 0.2) is 5.82 Å². The summed E-state index contributed by atoms with van der Waals surface area (Å²) in [6.07, 6.45) is 0.382. The number of halogens is 1. The van der Waals surface area contributed by atoms with Gasteiger partial charge in [-0.25, -0.2) is 4.98 Å². The summed E-state index contributed by atoms with van der Waals surface area (Å²) < 4.78 is 0. The number of rotatable bonds is 4. The fourth-order valence-corrected chi connectivity index (χ4v) is 1.79. The summed E-state index contributed by atoms with van der Waals surface area (Å²) in [5.41, 5.74) is 0.910. The molecule has 2 N–H and O–H groups in total. The SMILES string of the molecule is CCc1nc(Cl)nc(Nc2cc(C)[nH]n2)c1[N+](=O)[O-]. The van der Waals surface area contributed by atoms with E-state index >= 15 is 0 Å². The van der Waals surface area contributed by atoms with E-state index in [0.29, 0.717) is 12.2 Å². The number of nitro groups is 1. The average Bonchev–Trinajstić information content (AvgIpc) is 2.73. The summed E-state index contributed by atoms with van der Waals surface area (Å²) in [7, 11) is 0. The van der Waals surface area contributed by atoms with Crippen LogP contribution in [-0.2, 0) is 6.42 Å². The number of hydrogen-bond acceptors (Lipinski definition) is 6. The second-order valence-electron chi connectivity index (χ2n) is 3.81. The van der Waals surface area contributed by atoms with Crippen LogP contribution in [0.5, 0.6) is 0 Å². The lowest BCUT2D eigenvalue weighted by atomic mass is 10.2. The van der Waals surface area contributed by atoms with E-state index < -0.39 is 4.92 Å². The summed E-state index contributed by atoms with van der Waals surface area (Å²) in [6, 6.07) is 1.70. The Balaban J connectivity index is 2.48. The molecule has 0 radical (unpaired) electrons. The van der Waals surface area contributed by atoms with Gasteiger partial charge in [-0.3, -0.25) is 15.2 Å². The molecular formula is C10H11ClN6O2. The zero-order valence-corrected chi connectivity index (χ0v) is 11.0. The third-order valence-corrected chi connectivity index (χ3v) is 2.57. The molecule has 100 valence electrons. The van der Waals surface area contributed by atoms with Crippen LogP contribution in [-0.4, -0.2) is 25.1 Å². The molecule has 0 bridgehead atoms. The Morgan fingerprint density at radius 2 is 2.26 bits per heavy atom. The molecule has 8 nitrogen and oxygen atoms in total. The van der Waals surface area contributed by atoms with Crippen LogP contribution in [0.25, 0.3) is 0 Å². The van der Waals surface area contributed by atoms with Gasteiger partial charge in [0.2, 0.25) is 11.1 Å².